The van der Waals surface area contributed by atoms with Crippen molar-refractivity contribution in [1.29, 1.82) is 0 Å². The molecule has 0 saturated heterocycles. The Morgan fingerprint density at radius 1 is 1.14 bits per heavy atom. The summed E-state index contributed by atoms with van der Waals surface area (Å²) in [6.07, 6.45) is 2.73. The highest BCUT2D eigenvalue weighted by atomic mass is 19.1. The maximum Gasteiger partial charge on any atom is 0.371 e. The third kappa shape index (κ3) is 3.79. The van der Waals surface area contributed by atoms with Crippen molar-refractivity contribution in [2.75, 3.05) is 0 Å². The zero-order valence-corrected chi connectivity index (χ0v) is 10.8. The highest BCUT2D eigenvalue weighted by molar-refractivity contribution is 6.06. The van der Waals surface area contributed by atoms with Gasteiger partial charge in [-0.1, -0.05) is 12.1 Å². The van der Waals surface area contributed by atoms with E-state index in [1.807, 2.05) is 0 Å². The second kappa shape index (κ2) is 6.04. The highest BCUT2D eigenvalue weighted by Gasteiger charge is 2.11. The summed E-state index contributed by atoms with van der Waals surface area (Å²) in [7, 11) is 0. The Kier molecular flexibility index (Phi) is 4.18. The van der Waals surface area contributed by atoms with Crippen LogP contribution in [-0.4, -0.2) is 26.9 Å². The molecule has 1 aromatic carbocycles. The van der Waals surface area contributed by atoms with Crippen LogP contribution < -0.4 is 0 Å². The maximum absolute atomic E-state index is 12.8. The number of carbonyl (C=O) groups is 2. The van der Waals surface area contributed by atoms with Gasteiger partial charge in [0.2, 0.25) is 11.5 Å². The second-order valence-corrected chi connectivity index (χ2v) is 4.42. The number of aliphatic hydroxyl groups excluding tert-OH is 1. The fourth-order valence-electron chi connectivity index (χ4n) is 1.79. The molecule has 6 heteroatoms. The molecule has 2 rings (SSSR count). The summed E-state index contributed by atoms with van der Waals surface area (Å²) in [4.78, 5) is 24.8. The lowest BCUT2D eigenvalue weighted by Crippen LogP contribution is -2.04. The average molecular weight is 289 g/mol. The molecule has 0 saturated carbocycles. The van der Waals surface area contributed by atoms with E-state index in [2.05, 4.69) is 4.98 Å². The van der Waals surface area contributed by atoms with Gasteiger partial charge in [-0.25, -0.2) is 9.18 Å². The van der Waals surface area contributed by atoms with Gasteiger partial charge in [0.25, 0.3) is 0 Å². The fourth-order valence-corrected chi connectivity index (χ4v) is 1.79. The van der Waals surface area contributed by atoms with Crippen LogP contribution in [0, 0.1) is 5.82 Å². The number of hydrogen-bond donors (Lipinski definition) is 3. The normalized spacial score (nSPS) is 11.4. The van der Waals surface area contributed by atoms with Crippen molar-refractivity contribution in [2.45, 2.75) is 6.42 Å². The lowest BCUT2D eigenvalue weighted by molar-refractivity contribution is -0.135. The molecule has 1 aromatic heterocycles. The number of aromatic nitrogens is 1. The number of carbonyl (C=O) groups excluding carboxylic acids is 1. The van der Waals surface area contributed by atoms with Crippen LogP contribution in [0.1, 0.15) is 21.6 Å². The van der Waals surface area contributed by atoms with E-state index in [4.69, 9.17) is 10.2 Å². The van der Waals surface area contributed by atoms with Gasteiger partial charge in [0.05, 0.1) is 5.69 Å². The van der Waals surface area contributed by atoms with E-state index in [-0.39, 0.29) is 11.5 Å². The van der Waals surface area contributed by atoms with E-state index in [0.717, 1.165) is 11.1 Å². The molecule has 3 N–H and O–H groups in total. The fraction of sp³-hybridized carbons (Fsp3) is 0.0667. The number of aliphatic hydroxyl groups is 1. The van der Waals surface area contributed by atoms with Crippen LogP contribution in [-0.2, 0) is 11.2 Å². The SMILES string of the molecule is O=C(O)C(O)=CC(=O)c1cc(Cc2ccc(F)cc2)c[nH]1. The first-order valence-electron chi connectivity index (χ1n) is 6.05. The number of rotatable bonds is 5. The molecule has 0 unspecified atom stereocenters. The van der Waals surface area contributed by atoms with Gasteiger partial charge in [-0.05, 0) is 35.7 Å². The summed E-state index contributed by atoms with van der Waals surface area (Å²) in [5.41, 5.74) is 1.83. The van der Waals surface area contributed by atoms with Crippen LogP contribution in [0.5, 0.6) is 0 Å². The third-order valence-corrected chi connectivity index (χ3v) is 2.82. The number of benzene rings is 1. The lowest BCUT2D eigenvalue weighted by atomic mass is 10.1. The van der Waals surface area contributed by atoms with Crippen LogP contribution in [0.2, 0.25) is 0 Å². The molecule has 108 valence electrons. The first-order chi connectivity index (χ1) is 9.95. The van der Waals surface area contributed by atoms with E-state index in [9.17, 15) is 14.0 Å². The van der Waals surface area contributed by atoms with Gasteiger partial charge >= 0.3 is 5.97 Å². The Bertz CT molecular complexity index is 701. The molecule has 0 bridgehead atoms. The summed E-state index contributed by atoms with van der Waals surface area (Å²) in [6.45, 7) is 0. The number of hydrogen-bond acceptors (Lipinski definition) is 3. The third-order valence-electron chi connectivity index (χ3n) is 2.82. The Hall–Kier alpha value is -2.89. The van der Waals surface area contributed by atoms with Crippen LogP contribution in [0.25, 0.3) is 0 Å². The van der Waals surface area contributed by atoms with Crippen molar-refractivity contribution < 1.29 is 24.2 Å². The molecular formula is C15H12FNO4. The maximum atomic E-state index is 12.8. The van der Waals surface area contributed by atoms with Gasteiger partial charge in [-0.3, -0.25) is 4.79 Å². The largest absolute Gasteiger partial charge is 0.502 e. The van der Waals surface area contributed by atoms with Gasteiger partial charge in [0.1, 0.15) is 5.82 Å². The molecular weight excluding hydrogens is 277 g/mol. The average Bonchev–Trinajstić information content (AvgIpc) is 2.90. The number of halogens is 1. The molecule has 0 aliphatic carbocycles. The van der Waals surface area contributed by atoms with Gasteiger partial charge in [-0.15, -0.1) is 0 Å². The van der Waals surface area contributed by atoms with Gasteiger partial charge < -0.3 is 15.2 Å². The zero-order chi connectivity index (χ0) is 15.4. The summed E-state index contributed by atoms with van der Waals surface area (Å²) in [5.74, 6) is -3.55. The summed E-state index contributed by atoms with van der Waals surface area (Å²) in [6, 6.07) is 7.53. The van der Waals surface area contributed by atoms with Crippen molar-refractivity contribution in [3.05, 3.63) is 71.0 Å². The molecule has 0 aliphatic heterocycles. The van der Waals surface area contributed by atoms with Crippen molar-refractivity contribution in [3.63, 3.8) is 0 Å². The predicted octanol–water partition coefficient (Wildman–Crippen LogP) is 2.45. The number of carboxylic acid groups (broad SMARTS) is 1. The number of aliphatic carboxylic acids is 1. The summed E-state index contributed by atoms with van der Waals surface area (Å²) >= 11 is 0. The topological polar surface area (TPSA) is 90.4 Å². The lowest BCUT2D eigenvalue weighted by Gasteiger charge is -1.98. The molecule has 21 heavy (non-hydrogen) atoms. The molecule has 0 fully saturated rings. The smallest absolute Gasteiger partial charge is 0.371 e. The Morgan fingerprint density at radius 3 is 2.43 bits per heavy atom. The Balaban J connectivity index is 2.11. The number of carboxylic acids is 1. The molecule has 0 atom stereocenters. The van der Waals surface area contributed by atoms with E-state index < -0.39 is 17.5 Å². The number of ketones is 1. The number of aromatic amines is 1. The minimum atomic E-state index is -1.57. The van der Waals surface area contributed by atoms with Crippen molar-refractivity contribution in [2.24, 2.45) is 0 Å². The highest BCUT2D eigenvalue weighted by Crippen LogP contribution is 2.12. The van der Waals surface area contributed by atoms with Gasteiger partial charge in [0.15, 0.2) is 0 Å². The molecule has 0 amide bonds. The predicted molar refractivity (Wildman–Crippen MR) is 72.7 cm³/mol. The minimum absolute atomic E-state index is 0.167. The molecule has 0 radical (unpaired) electrons. The standard InChI is InChI=1S/C15H12FNO4/c16-11-3-1-9(2-4-11)5-10-6-12(17-8-10)13(18)7-14(19)15(20)21/h1-4,6-8,17,19H,5H2,(H,20,21). The summed E-state index contributed by atoms with van der Waals surface area (Å²) in [5, 5.41) is 17.5. The first kappa shape index (κ1) is 14.5. The van der Waals surface area contributed by atoms with E-state index in [1.165, 1.54) is 12.1 Å². The van der Waals surface area contributed by atoms with Crippen molar-refractivity contribution >= 4 is 11.8 Å². The second-order valence-electron chi connectivity index (χ2n) is 4.42. The van der Waals surface area contributed by atoms with Gasteiger partial charge in [-0.2, -0.15) is 0 Å². The van der Waals surface area contributed by atoms with Crippen molar-refractivity contribution in [3.8, 4) is 0 Å². The molecule has 0 aliphatic rings. The van der Waals surface area contributed by atoms with Crippen LogP contribution in [0.4, 0.5) is 4.39 Å². The van der Waals surface area contributed by atoms with E-state index in [1.54, 1.807) is 24.4 Å². The minimum Gasteiger partial charge on any atom is -0.502 e. The van der Waals surface area contributed by atoms with Crippen molar-refractivity contribution in [1.82, 2.24) is 4.98 Å². The molecule has 0 spiro atoms. The van der Waals surface area contributed by atoms with E-state index in [0.29, 0.717) is 12.5 Å². The molecule has 2 aromatic rings. The van der Waals surface area contributed by atoms with Gasteiger partial charge in [0, 0.05) is 12.3 Å². The first-order valence-corrected chi connectivity index (χ1v) is 6.05. The monoisotopic (exact) mass is 289 g/mol. The number of nitrogens with one attached hydrogen (secondary N) is 1. The number of H-pyrrole nitrogens is 1. The van der Waals surface area contributed by atoms with Crippen LogP contribution >= 0.6 is 0 Å². The quantitative estimate of drug-likeness (QED) is 0.448. The Morgan fingerprint density at radius 2 is 1.81 bits per heavy atom. The summed E-state index contributed by atoms with van der Waals surface area (Å²) < 4.78 is 12.8. The van der Waals surface area contributed by atoms with Crippen LogP contribution in [0.3, 0.4) is 0 Å². The molecule has 5 nitrogen and oxygen atoms in total. The molecule has 1 heterocycles. The Labute approximate surface area is 119 Å². The van der Waals surface area contributed by atoms with Crippen LogP contribution in [0.15, 0.2) is 48.4 Å². The number of allylic oxidation sites excluding steroid dienone is 1. The zero-order valence-electron chi connectivity index (χ0n) is 10.8. The van der Waals surface area contributed by atoms with E-state index >= 15 is 0 Å².